The number of ether oxygens (including phenoxy) is 1. The molecule has 5 nitrogen and oxygen atoms in total. The molecule has 0 radical (unpaired) electrons. The van der Waals surface area contributed by atoms with Gasteiger partial charge < -0.3 is 10.1 Å². The summed E-state index contributed by atoms with van der Waals surface area (Å²) in [6.45, 7) is 0.930. The lowest BCUT2D eigenvalue weighted by atomic mass is 10.2. The van der Waals surface area contributed by atoms with Gasteiger partial charge >= 0.3 is 6.09 Å². The highest BCUT2D eigenvalue weighted by molar-refractivity contribution is 5.84. The van der Waals surface area contributed by atoms with Crippen LogP contribution >= 0.6 is 0 Å². The number of benzene rings is 1. The molecule has 0 unspecified atom stereocenters. The van der Waals surface area contributed by atoms with Gasteiger partial charge in [0.05, 0.1) is 11.6 Å². The van der Waals surface area contributed by atoms with E-state index in [4.69, 9.17) is 10.00 Å². The van der Waals surface area contributed by atoms with Gasteiger partial charge in [-0.05, 0) is 31.3 Å². The summed E-state index contributed by atoms with van der Waals surface area (Å²) in [5, 5.41) is 14.0. The molecule has 0 aliphatic rings. The van der Waals surface area contributed by atoms with Crippen molar-refractivity contribution >= 4 is 11.8 Å². The molecule has 0 heterocycles. The lowest BCUT2D eigenvalue weighted by molar-refractivity contribution is 0.163. The van der Waals surface area contributed by atoms with Gasteiger partial charge in [-0.2, -0.15) is 5.26 Å². The van der Waals surface area contributed by atoms with E-state index in [1.807, 2.05) is 6.07 Å². The third-order valence-electron chi connectivity index (χ3n) is 1.85. The molecule has 0 aliphatic carbocycles. The van der Waals surface area contributed by atoms with Crippen molar-refractivity contribution in [1.82, 2.24) is 5.32 Å². The van der Waals surface area contributed by atoms with Gasteiger partial charge in [-0.1, -0.05) is 0 Å². The fourth-order valence-corrected chi connectivity index (χ4v) is 1.03. The first-order chi connectivity index (χ1) is 7.76. The summed E-state index contributed by atoms with van der Waals surface area (Å²) in [7, 11) is 1.78. The highest BCUT2D eigenvalue weighted by Crippen LogP contribution is 2.08. The second-order valence-corrected chi connectivity index (χ2v) is 3.05. The molecule has 0 atom stereocenters. The fourth-order valence-electron chi connectivity index (χ4n) is 1.03. The third-order valence-corrected chi connectivity index (χ3v) is 1.85. The van der Waals surface area contributed by atoms with E-state index in [9.17, 15) is 4.79 Å². The predicted octanol–water partition coefficient (Wildman–Crippen LogP) is 1.33. The van der Waals surface area contributed by atoms with E-state index in [1.165, 1.54) is 0 Å². The Morgan fingerprint density at radius 2 is 2.12 bits per heavy atom. The van der Waals surface area contributed by atoms with Crippen molar-refractivity contribution in [2.75, 3.05) is 25.5 Å². The van der Waals surface area contributed by atoms with Crippen molar-refractivity contribution in [2.24, 2.45) is 0 Å². The standard InChI is InChI=1S/C11H13N3O2/c1-13-6-7-16-11(15)14-10-4-2-9(8-12)3-5-10/h2-5,13H,6-7H2,1H3,(H,14,15). The van der Waals surface area contributed by atoms with Crippen molar-refractivity contribution in [3.8, 4) is 6.07 Å². The Bertz CT molecular complexity index is 381. The maximum Gasteiger partial charge on any atom is 0.411 e. The van der Waals surface area contributed by atoms with Crippen LogP contribution in [0.3, 0.4) is 0 Å². The van der Waals surface area contributed by atoms with Crippen molar-refractivity contribution in [1.29, 1.82) is 5.26 Å². The van der Waals surface area contributed by atoms with Gasteiger partial charge in [-0.3, -0.25) is 5.32 Å². The van der Waals surface area contributed by atoms with Gasteiger partial charge in [0.25, 0.3) is 0 Å². The second kappa shape index (κ2) is 6.43. The number of hydrogen-bond donors (Lipinski definition) is 2. The Kier molecular flexibility index (Phi) is 4.83. The van der Waals surface area contributed by atoms with E-state index in [-0.39, 0.29) is 0 Å². The van der Waals surface area contributed by atoms with Crippen LogP contribution in [0.25, 0.3) is 0 Å². The normalized spacial score (nSPS) is 9.25. The summed E-state index contributed by atoms with van der Waals surface area (Å²) in [6.07, 6.45) is -0.500. The summed E-state index contributed by atoms with van der Waals surface area (Å²) < 4.78 is 4.87. The van der Waals surface area contributed by atoms with Gasteiger partial charge in [0.2, 0.25) is 0 Å². The number of carbonyl (C=O) groups excluding carboxylic acids is 1. The molecule has 0 saturated heterocycles. The zero-order valence-electron chi connectivity index (χ0n) is 8.99. The predicted molar refractivity (Wildman–Crippen MR) is 60.1 cm³/mol. The van der Waals surface area contributed by atoms with Crippen LogP contribution in [0.1, 0.15) is 5.56 Å². The van der Waals surface area contributed by atoms with Crippen LogP contribution in [0.4, 0.5) is 10.5 Å². The molecule has 16 heavy (non-hydrogen) atoms. The Morgan fingerprint density at radius 3 is 2.69 bits per heavy atom. The topological polar surface area (TPSA) is 74.2 Å². The quantitative estimate of drug-likeness (QED) is 0.749. The lowest BCUT2D eigenvalue weighted by Crippen LogP contribution is -2.20. The maximum absolute atomic E-state index is 11.2. The Balaban J connectivity index is 2.41. The SMILES string of the molecule is CNCCOC(=O)Nc1ccc(C#N)cc1. The molecule has 1 amide bonds. The van der Waals surface area contributed by atoms with Crippen LogP contribution in [-0.4, -0.2) is 26.3 Å². The van der Waals surface area contributed by atoms with E-state index in [2.05, 4.69) is 10.6 Å². The largest absolute Gasteiger partial charge is 0.448 e. The van der Waals surface area contributed by atoms with Gasteiger partial charge in [0, 0.05) is 12.2 Å². The van der Waals surface area contributed by atoms with Crippen LogP contribution < -0.4 is 10.6 Å². The molecule has 1 aromatic carbocycles. The number of carbonyl (C=O) groups is 1. The fraction of sp³-hybridized carbons (Fsp3) is 0.273. The molecule has 0 fully saturated rings. The number of anilines is 1. The van der Waals surface area contributed by atoms with Crippen molar-refractivity contribution in [2.45, 2.75) is 0 Å². The van der Waals surface area contributed by atoms with E-state index in [1.54, 1.807) is 31.3 Å². The lowest BCUT2D eigenvalue weighted by Gasteiger charge is -2.06. The maximum atomic E-state index is 11.2. The Labute approximate surface area is 94.0 Å². The number of rotatable bonds is 4. The van der Waals surface area contributed by atoms with E-state index >= 15 is 0 Å². The summed E-state index contributed by atoms with van der Waals surface area (Å²) in [6, 6.07) is 8.55. The van der Waals surface area contributed by atoms with Crippen LogP contribution in [-0.2, 0) is 4.74 Å². The molecule has 2 N–H and O–H groups in total. The molecule has 0 spiro atoms. The zero-order valence-corrected chi connectivity index (χ0v) is 8.99. The van der Waals surface area contributed by atoms with Crippen LogP contribution in [0.15, 0.2) is 24.3 Å². The monoisotopic (exact) mass is 219 g/mol. The van der Waals surface area contributed by atoms with E-state index < -0.39 is 6.09 Å². The summed E-state index contributed by atoms with van der Waals surface area (Å²) >= 11 is 0. The third kappa shape index (κ3) is 3.98. The number of nitrogens with zero attached hydrogens (tertiary/aromatic N) is 1. The van der Waals surface area contributed by atoms with Gasteiger partial charge in [-0.15, -0.1) is 0 Å². The van der Waals surface area contributed by atoms with Gasteiger partial charge in [0.15, 0.2) is 0 Å². The first kappa shape index (κ1) is 12.0. The van der Waals surface area contributed by atoms with Gasteiger partial charge in [0.1, 0.15) is 6.61 Å². The number of hydrogen-bond acceptors (Lipinski definition) is 4. The summed E-state index contributed by atoms with van der Waals surface area (Å²) in [4.78, 5) is 11.2. The van der Waals surface area contributed by atoms with Crippen LogP contribution in [0.2, 0.25) is 0 Å². The minimum Gasteiger partial charge on any atom is -0.448 e. The average Bonchev–Trinajstić information content (AvgIpc) is 2.30. The first-order valence-electron chi connectivity index (χ1n) is 4.85. The molecule has 0 bridgehead atoms. The number of likely N-dealkylation sites (N-methyl/N-ethyl adjacent to an activating group) is 1. The van der Waals surface area contributed by atoms with Crippen LogP contribution in [0, 0.1) is 11.3 Å². The van der Waals surface area contributed by atoms with Crippen LogP contribution in [0.5, 0.6) is 0 Å². The average molecular weight is 219 g/mol. The summed E-state index contributed by atoms with van der Waals surface area (Å²) in [5.74, 6) is 0. The smallest absolute Gasteiger partial charge is 0.411 e. The molecule has 0 aliphatic heterocycles. The number of amides is 1. The molecule has 84 valence electrons. The van der Waals surface area contributed by atoms with E-state index in [0.29, 0.717) is 24.4 Å². The molecular weight excluding hydrogens is 206 g/mol. The van der Waals surface area contributed by atoms with E-state index in [0.717, 1.165) is 0 Å². The molecule has 0 aromatic heterocycles. The Hall–Kier alpha value is -2.06. The molecule has 0 saturated carbocycles. The number of nitriles is 1. The highest BCUT2D eigenvalue weighted by atomic mass is 16.5. The molecule has 1 aromatic rings. The second-order valence-electron chi connectivity index (χ2n) is 3.05. The van der Waals surface area contributed by atoms with Crippen molar-refractivity contribution < 1.29 is 9.53 Å². The molecular formula is C11H13N3O2. The minimum absolute atomic E-state index is 0.318. The first-order valence-corrected chi connectivity index (χ1v) is 4.85. The van der Waals surface area contributed by atoms with Gasteiger partial charge in [-0.25, -0.2) is 4.79 Å². The van der Waals surface area contributed by atoms with Crippen molar-refractivity contribution in [3.05, 3.63) is 29.8 Å². The molecule has 1 rings (SSSR count). The van der Waals surface area contributed by atoms with Crippen molar-refractivity contribution in [3.63, 3.8) is 0 Å². The zero-order chi connectivity index (χ0) is 11.8. The molecule has 5 heteroatoms. The Morgan fingerprint density at radius 1 is 1.44 bits per heavy atom. The minimum atomic E-state index is -0.500. The number of nitrogens with one attached hydrogen (secondary N) is 2. The summed E-state index contributed by atoms with van der Waals surface area (Å²) in [5.41, 5.74) is 1.16. The highest BCUT2D eigenvalue weighted by Gasteiger charge is 2.02.